The molecule has 98 valence electrons. The van der Waals surface area contributed by atoms with Gasteiger partial charge in [0.05, 0.1) is 5.56 Å². The van der Waals surface area contributed by atoms with Gasteiger partial charge in [-0.1, -0.05) is 6.92 Å². The van der Waals surface area contributed by atoms with Crippen LogP contribution in [0.15, 0.2) is 18.2 Å². The molecule has 0 saturated heterocycles. The Morgan fingerprint density at radius 2 is 2.17 bits per heavy atom. The smallest absolute Gasteiger partial charge is 0.338 e. The number of nitrogens with one attached hydrogen (secondary N) is 1. The Hall–Kier alpha value is -1.75. The quantitative estimate of drug-likeness (QED) is 0.614. The Bertz CT molecular complexity index is 419. The maximum atomic E-state index is 11.7. The topological polar surface area (TPSA) is 56.8 Å². The molecule has 0 amide bonds. The van der Waals surface area contributed by atoms with Gasteiger partial charge in [-0.15, -0.1) is 0 Å². The van der Waals surface area contributed by atoms with E-state index in [2.05, 4.69) is 12.2 Å². The number of carbonyl (C=O) groups is 1. The molecule has 1 aliphatic rings. The van der Waals surface area contributed by atoms with Crippen LogP contribution in [0.5, 0.6) is 11.5 Å². The van der Waals surface area contributed by atoms with E-state index in [-0.39, 0.29) is 12.8 Å². The van der Waals surface area contributed by atoms with Crippen molar-refractivity contribution in [3.05, 3.63) is 23.8 Å². The van der Waals surface area contributed by atoms with Crippen molar-refractivity contribution < 1.29 is 19.0 Å². The molecule has 0 fully saturated rings. The minimum absolute atomic E-state index is 0.203. The normalized spacial score (nSPS) is 12.5. The van der Waals surface area contributed by atoms with Crippen molar-refractivity contribution >= 4 is 5.97 Å². The van der Waals surface area contributed by atoms with E-state index in [9.17, 15) is 4.79 Å². The van der Waals surface area contributed by atoms with E-state index in [0.717, 1.165) is 13.0 Å². The van der Waals surface area contributed by atoms with Crippen LogP contribution in [0.3, 0.4) is 0 Å². The van der Waals surface area contributed by atoms with Crippen molar-refractivity contribution in [1.29, 1.82) is 0 Å². The Morgan fingerprint density at radius 1 is 1.33 bits per heavy atom. The van der Waals surface area contributed by atoms with Crippen molar-refractivity contribution in [2.75, 3.05) is 26.5 Å². The number of esters is 1. The van der Waals surface area contributed by atoms with E-state index >= 15 is 0 Å². The third kappa shape index (κ3) is 3.13. The maximum absolute atomic E-state index is 11.7. The molecule has 5 nitrogen and oxygen atoms in total. The van der Waals surface area contributed by atoms with Gasteiger partial charge >= 0.3 is 5.97 Å². The summed E-state index contributed by atoms with van der Waals surface area (Å²) in [5, 5.41) is 3.16. The van der Waals surface area contributed by atoms with Crippen LogP contribution >= 0.6 is 0 Å². The molecular formula is C13H17NO4. The lowest BCUT2D eigenvalue weighted by molar-refractivity contribution is 0.0508. The summed E-state index contributed by atoms with van der Waals surface area (Å²) in [6.07, 6.45) is 1.07. The number of hydrogen-bond donors (Lipinski definition) is 1. The van der Waals surface area contributed by atoms with E-state index in [0.29, 0.717) is 30.2 Å². The molecule has 5 heteroatoms. The van der Waals surface area contributed by atoms with Crippen LogP contribution in [0.25, 0.3) is 0 Å². The molecule has 0 spiro atoms. The van der Waals surface area contributed by atoms with E-state index in [1.807, 2.05) is 0 Å². The number of carbonyl (C=O) groups excluding carboxylic acids is 1. The van der Waals surface area contributed by atoms with E-state index in [4.69, 9.17) is 14.2 Å². The average molecular weight is 251 g/mol. The van der Waals surface area contributed by atoms with Crippen LogP contribution in [0.1, 0.15) is 23.7 Å². The lowest BCUT2D eigenvalue weighted by Crippen LogP contribution is -2.22. The van der Waals surface area contributed by atoms with Crippen LogP contribution in [0, 0.1) is 0 Å². The van der Waals surface area contributed by atoms with Crippen LogP contribution < -0.4 is 14.8 Å². The highest BCUT2D eigenvalue weighted by Crippen LogP contribution is 2.32. The Balaban J connectivity index is 1.82. The second-order valence-corrected chi connectivity index (χ2v) is 3.95. The van der Waals surface area contributed by atoms with Gasteiger partial charge in [-0.05, 0) is 31.2 Å². The van der Waals surface area contributed by atoms with Crippen LogP contribution in [0.2, 0.25) is 0 Å². The summed E-state index contributed by atoms with van der Waals surface area (Å²) in [4.78, 5) is 11.7. The molecule has 1 aromatic carbocycles. The van der Waals surface area contributed by atoms with Crippen LogP contribution in [-0.4, -0.2) is 32.5 Å². The summed E-state index contributed by atoms with van der Waals surface area (Å²) < 4.78 is 15.5. The minimum Gasteiger partial charge on any atom is -0.461 e. The SMILES string of the molecule is CCCNCCOC(=O)c1ccc2c(c1)OCO2. The highest BCUT2D eigenvalue weighted by Gasteiger charge is 2.16. The highest BCUT2D eigenvalue weighted by molar-refractivity contribution is 5.90. The number of ether oxygens (including phenoxy) is 3. The fourth-order valence-corrected chi connectivity index (χ4v) is 1.62. The summed E-state index contributed by atoms with van der Waals surface area (Å²) in [7, 11) is 0. The van der Waals surface area contributed by atoms with Crippen molar-refractivity contribution in [1.82, 2.24) is 5.32 Å². The minimum atomic E-state index is -0.341. The van der Waals surface area contributed by atoms with Gasteiger partial charge in [0.1, 0.15) is 6.61 Å². The molecule has 18 heavy (non-hydrogen) atoms. The zero-order valence-corrected chi connectivity index (χ0v) is 10.4. The lowest BCUT2D eigenvalue weighted by Gasteiger charge is -2.06. The molecule has 0 aromatic heterocycles. The van der Waals surface area contributed by atoms with Crippen molar-refractivity contribution in [3.8, 4) is 11.5 Å². The Kier molecular flexibility index (Phi) is 4.41. The molecule has 0 bridgehead atoms. The first-order valence-electron chi connectivity index (χ1n) is 6.08. The third-order valence-corrected chi connectivity index (χ3v) is 2.55. The first-order chi connectivity index (χ1) is 8.81. The van der Waals surface area contributed by atoms with E-state index < -0.39 is 0 Å². The van der Waals surface area contributed by atoms with Crippen molar-refractivity contribution in [2.24, 2.45) is 0 Å². The molecular weight excluding hydrogens is 234 g/mol. The van der Waals surface area contributed by atoms with Gasteiger partial charge in [0.15, 0.2) is 11.5 Å². The molecule has 1 aliphatic heterocycles. The average Bonchev–Trinajstić information content (AvgIpc) is 2.85. The second-order valence-electron chi connectivity index (χ2n) is 3.95. The third-order valence-electron chi connectivity index (χ3n) is 2.55. The Morgan fingerprint density at radius 3 is 3.00 bits per heavy atom. The zero-order valence-electron chi connectivity index (χ0n) is 10.4. The van der Waals surface area contributed by atoms with Gasteiger partial charge in [0.25, 0.3) is 0 Å². The standard InChI is InChI=1S/C13H17NO4/c1-2-5-14-6-7-16-13(15)10-3-4-11-12(8-10)18-9-17-11/h3-4,8,14H,2,5-7,9H2,1H3. The number of rotatable bonds is 6. The van der Waals surface area contributed by atoms with Gasteiger partial charge in [-0.3, -0.25) is 0 Å². The summed E-state index contributed by atoms with van der Waals surface area (Å²) >= 11 is 0. The molecule has 0 radical (unpaired) electrons. The first kappa shape index (κ1) is 12.7. The fraction of sp³-hybridized carbons (Fsp3) is 0.462. The van der Waals surface area contributed by atoms with Gasteiger partial charge in [0.2, 0.25) is 6.79 Å². The van der Waals surface area contributed by atoms with Crippen LogP contribution in [0.4, 0.5) is 0 Å². The van der Waals surface area contributed by atoms with Gasteiger partial charge in [0, 0.05) is 6.54 Å². The molecule has 0 unspecified atom stereocenters. The van der Waals surface area contributed by atoms with E-state index in [1.54, 1.807) is 18.2 Å². The lowest BCUT2D eigenvalue weighted by atomic mass is 10.2. The first-order valence-corrected chi connectivity index (χ1v) is 6.08. The molecule has 1 N–H and O–H groups in total. The molecule has 1 heterocycles. The predicted molar refractivity (Wildman–Crippen MR) is 66.0 cm³/mol. The highest BCUT2D eigenvalue weighted by atomic mass is 16.7. The number of fused-ring (bicyclic) bond motifs is 1. The summed E-state index contributed by atoms with van der Waals surface area (Å²) in [5.41, 5.74) is 0.481. The molecule has 0 saturated carbocycles. The Labute approximate surface area is 106 Å². The second kappa shape index (κ2) is 6.26. The molecule has 0 aliphatic carbocycles. The molecule has 0 atom stereocenters. The largest absolute Gasteiger partial charge is 0.461 e. The van der Waals surface area contributed by atoms with Gasteiger partial charge in [-0.2, -0.15) is 0 Å². The van der Waals surface area contributed by atoms with Crippen molar-refractivity contribution in [3.63, 3.8) is 0 Å². The number of hydrogen-bond acceptors (Lipinski definition) is 5. The van der Waals surface area contributed by atoms with Crippen LogP contribution in [-0.2, 0) is 4.74 Å². The molecule has 2 rings (SSSR count). The summed E-state index contributed by atoms with van der Waals surface area (Å²) in [6.45, 7) is 4.26. The number of benzene rings is 1. The predicted octanol–water partition coefficient (Wildman–Crippen LogP) is 1.57. The zero-order chi connectivity index (χ0) is 12.8. The van der Waals surface area contributed by atoms with E-state index in [1.165, 1.54) is 0 Å². The van der Waals surface area contributed by atoms with Crippen molar-refractivity contribution in [2.45, 2.75) is 13.3 Å². The fourth-order valence-electron chi connectivity index (χ4n) is 1.62. The summed E-state index contributed by atoms with van der Waals surface area (Å²) in [6, 6.07) is 5.04. The summed E-state index contributed by atoms with van der Waals surface area (Å²) in [5.74, 6) is 0.913. The monoisotopic (exact) mass is 251 g/mol. The maximum Gasteiger partial charge on any atom is 0.338 e. The molecule has 1 aromatic rings. The van der Waals surface area contributed by atoms with Gasteiger partial charge < -0.3 is 19.5 Å². The van der Waals surface area contributed by atoms with Gasteiger partial charge in [-0.25, -0.2) is 4.79 Å².